The van der Waals surface area contributed by atoms with Gasteiger partial charge in [-0.05, 0) is 49.6 Å². The highest BCUT2D eigenvalue weighted by Crippen LogP contribution is 2.32. The first-order valence-corrected chi connectivity index (χ1v) is 9.97. The van der Waals surface area contributed by atoms with Crippen molar-refractivity contribution in [1.29, 1.82) is 0 Å². The standard InChI is InChI=1S/C25H28N2/c1-21-12-14-24(15-13-21)27(23-10-6-3-7-11-23)25-16-18-26(19-17-25)20-22-8-4-2-5-9-22/h2-15,25H,16-20H2,1H3. The van der Waals surface area contributed by atoms with E-state index in [9.17, 15) is 0 Å². The van der Waals surface area contributed by atoms with Crippen molar-refractivity contribution >= 4 is 11.4 Å². The molecule has 0 unspecified atom stereocenters. The lowest BCUT2D eigenvalue weighted by molar-refractivity contribution is 0.205. The smallest absolute Gasteiger partial charge is 0.0413 e. The molecule has 0 atom stereocenters. The van der Waals surface area contributed by atoms with Crippen LogP contribution in [0.25, 0.3) is 0 Å². The number of likely N-dealkylation sites (tertiary alicyclic amines) is 1. The second-order valence-corrected chi connectivity index (χ2v) is 7.53. The summed E-state index contributed by atoms with van der Waals surface area (Å²) in [6.07, 6.45) is 2.38. The van der Waals surface area contributed by atoms with Gasteiger partial charge in [-0.15, -0.1) is 0 Å². The SMILES string of the molecule is Cc1ccc(N(c2ccccc2)C2CCN(Cc3ccccc3)CC2)cc1. The topological polar surface area (TPSA) is 6.48 Å². The van der Waals surface area contributed by atoms with Crippen LogP contribution in [0.1, 0.15) is 24.0 Å². The maximum atomic E-state index is 2.59. The number of nitrogens with zero attached hydrogens (tertiary/aromatic N) is 2. The van der Waals surface area contributed by atoms with Crippen molar-refractivity contribution < 1.29 is 0 Å². The number of piperidine rings is 1. The molecule has 27 heavy (non-hydrogen) atoms. The van der Waals surface area contributed by atoms with E-state index in [-0.39, 0.29) is 0 Å². The molecule has 0 aliphatic carbocycles. The quantitative estimate of drug-likeness (QED) is 0.570. The molecule has 0 bridgehead atoms. The first-order chi connectivity index (χ1) is 13.3. The first-order valence-electron chi connectivity index (χ1n) is 9.97. The van der Waals surface area contributed by atoms with Gasteiger partial charge >= 0.3 is 0 Å². The van der Waals surface area contributed by atoms with Crippen molar-refractivity contribution in [1.82, 2.24) is 4.90 Å². The summed E-state index contributed by atoms with van der Waals surface area (Å²) < 4.78 is 0. The number of para-hydroxylation sites is 1. The maximum Gasteiger partial charge on any atom is 0.0413 e. The van der Waals surface area contributed by atoms with Gasteiger partial charge in [0.05, 0.1) is 0 Å². The molecule has 0 spiro atoms. The van der Waals surface area contributed by atoms with Gasteiger partial charge in [0, 0.05) is 37.1 Å². The fraction of sp³-hybridized carbons (Fsp3) is 0.280. The van der Waals surface area contributed by atoms with Crippen LogP contribution in [0.2, 0.25) is 0 Å². The number of hydrogen-bond acceptors (Lipinski definition) is 2. The summed E-state index contributed by atoms with van der Waals surface area (Å²) in [5, 5.41) is 0. The molecule has 1 saturated heterocycles. The van der Waals surface area contributed by atoms with E-state index in [1.54, 1.807) is 0 Å². The molecule has 1 aliphatic rings. The van der Waals surface area contributed by atoms with Crippen LogP contribution in [0, 0.1) is 6.92 Å². The summed E-state index contributed by atoms with van der Waals surface area (Å²) >= 11 is 0. The van der Waals surface area contributed by atoms with E-state index in [4.69, 9.17) is 0 Å². The molecule has 3 aromatic rings. The molecule has 1 aliphatic heterocycles. The predicted molar refractivity (Wildman–Crippen MR) is 115 cm³/mol. The molecule has 1 fully saturated rings. The maximum absolute atomic E-state index is 2.59. The lowest BCUT2D eigenvalue weighted by atomic mass is 10.00. The largest absolute Gasteiger partial charge is 0.338 e. The summed E-state index contributed by atoms with van der Waals surface area (Å²) in [4.78, 5) is 5.13. The highest BCUT2D eigenvalue weighted by Gasteiger charge is 2.26. The fourth-order valence-electron chi connectivity index (χ4n) is 4.04. The highest BCUT2D eigenvalue weighted by molar-refractivity contribution is 5.64. The van der Waals surface area contributed by atoms with E-state index in [1.165, 1.54) is 35.3 Å². The summed E-state index contributed by atoms with van der Waals surface area (Å²) in [6, 6.07) is 31.2. The van der Waals surface area contributed by atoms with Crippen molar-refractivity contribution in [2.24, 2.45) is 0 Å². The van der Waals surface area contributed by atoms with Crippen LogP contribution < -0.4 is 4.90 Å². The van der Waals surface area contributed by atoms with Gasteiger partial charge in [-0.25, -0.2) is 0 Å². The Bertz CT molecular complexity index is 819. The van der Waals surface area contributed by atoms with Crippen molar-refractivity contribution in [3.8, 4) is 0 Å². The van der Waals surface area contributed by atoms with E-state index in [0.717, 1.165) is 19.6 Å². The van der Waals surface area contributed by atoms with Crippen molar-refractivity contribution in [3.63, 3.8) is 0 Å². The number of rotatable bonds is 5. The third-order valence-electron chi connectivity index (χ3n) is 5.52. The molecule has 0 aromatic heterocycles. The number of benzene rings is 3. The van der Waals surface area contributed by atoms with Crippen LogP contribution in [0.4, 0.5) is 11.4 Å². The molecular formula is C25H28N2. The minimum Gasteiger partial charge on any atom is -0.338 e. The minimum absolute atomic E-state index is 0.544. The highest BCUT2D eigenvalue weighted by atomic mass is 15.2. The Morgan fingerprint density at radius 1 is 0.741 bits per heavy atom. The molecular weight excluding hydrogens is 328 g/mol. The third-order valence-corrected chi connectivity index (χ3v) is 5.52. The average molecular weight is 357 g/mol. The zero-order chi connectivity index (χ0) is 18.5. The summed E-state index contributed by atoms with van der Waals surface area (Å²) in [5.41, 5.74) is 5.31. The normalized spacial score (nSPS) is 15.6. The molecule has 0 saturated carbocycles. The first kappa shape index (κ1) is 17.8. The molecule has 1 heterocycles. The van der Waals surface area contributed by atoms with Gasteiger partial charge in [0.25, 0.3) is 0 Å². The van der Waals surface area contributed by atoms with Crippen LogP contribution >= 0.6 is 0 Å². The lowest BCUT2D eigenvalue weighted by Crippen LogP contribution is -2.42. The van der Waals surface area contributed by atoms with Crippen molar-refractivity contribution in [2.45, 2.75) is 32.4 Å². The summed E-state index contributed by atoms with van der Waals surface area (Å²) in [7, 11) is 0. The number of hydrogen-bond donors (Lipinski definition) is 0. The van der Waals surface area contributed by atoms with Crippen LogP contribution in [0.5, 0.6) is 0 Å². The Hall–Kier alpha value is -2.58. The second kappa shape index (κ2) is 8.41. The summed E-state index contributed by atoms with van der Waals surface area (Å²) in [6.45, 7) is 5.51. The summed E-state index contributed by atoms with van der Waals surface area (Å²) in [5.74, 6) is 0. The monoisotopic (exact) mass is 356 g/mol. The third kappa shape index (κ3) is 4.40. The molecule has 0 N–H and O–H groups in total. The Morgan fingerprint density at radius 2 is 1.30 bits per heavy atom. The van der Waals surface area contributed by atoms with Crippen LogP contribution in [0.15, 0.2) is 84.9 Å². The van der Waals surface area contributed by atoms with Gasteiger partial charge < -0.3 is 4.90 Å². The van der Waals surface area contributed by atoms with Crippen molar-refractivity contribution in [3.05, 3.63) is 96.1 Å². The number of anilines is 2. The zero-order valence-electron chi connectivity index (χ0n) is 16.1. The Balaban J connectivity index is 1.49. The van der Waals surface area contributed by atoms with Gasteiger partial charge in [0.2, 0.25) is 0 Å². The molecule has 3 aromatic carbocycles. The number of aryl methyl sites for hydroxylation is 1. The predicted octanol–water partition coefficient (Wildman–Crippen LogP) is 5.80. The Morgan fingerprint density at radius 3 is 1.93 bits per heavy atom. The molecule has 138 valence electrons. The minimum atomic E-state index is 0.544. The van der Waals surface area contributed by atoms with E-state index in [1.807, 2.05) is 0 Å². The molecule has 0 amide bonds. The fourth-order valence-corrected chi connectivity index (χ4v) is 4.04. The average Bonchev–Trinajstić information content (AvgIpc) is 2.73. The molecule has 2 nitrogen and oxygen atoms in total. The van der Waals surface area contributed by atoms with Crippen LogP contribution in [0.3, 0.4) is 0 Å². The zero-order valence-corrected chi connectivity index (χ0v) is 16.1. The molecule has 2 heteroatoms. The Labute approximate surface area is 163 Å². The van der Waals surface area contributed by atoms with Crippen molar-refractivity contribution in [2.75, 3.05) is 18.0 Å². The van der Waals surface area contributed by atoms with Gasteiger partial charge in [-0.3, -0.25) is 4.90 Å². The molecule has 4 rings (SSSR count). The van der Waals surface area contributed by atoms with Crippen LogP contribution in [-0.2, 0) is 6.54 Å². The molecule has 0 radical (unpaired) electrons. The van der Waals surface area contributed by atoms with E-state index in [2.05, 4.69) is 102 Å². The van der Waals surface area contributed by atoms with Gasteiger partial charge in [-0.1, -0.05) is 66.2 Å². The second-order valence-electron chi connectivity index (χ2n) is 7.53. The van der Waals surface area contributed by atoms with Gasteiger partial charge in [0.15, 0.2) is 0 Å². The van der Waals surface area contributed by atoms with Gasteiger partial charge in [-0.2, -0.15) is 0 Å². The Kier molecular flexibility index (Phi) is 5.55. The lowest BCUT2D eigenvalue weighted by Gasteiger charge is -2.40. The van der Waals surface area contributed by atoms with E-state index in [0.29, 0.717) is 6.04 Å². The van der Waals surface area contributed by atoms with E-state index < -0.39 is 0 Å². The van der Waals surface area contributed by atoms with E-state index >= 15 is 0 Å². The van der Waals surface area contributed by atoms with Crippen LogP contribution in [-0.4, -0.2) is 24.0 Å². The van der Waals surface area contributed by atoms with Gasteiger partial charge in [0.1, 0.15) is 0 Å².